The van der Waals surface area contributed by atoms with E-state index in [9.17, 15) is 26.4 Å². The molecule has 0 bridgehead atoms. The van der Waals surface area contributed by atoms with Gasteiger partial charge in [-0.05, 0) is 36.4 Å². The van der Waals surface area contributed by atoms with E-state index >= 15 is 0 Å². The van der Waals surface area contributed by atoms with E-state index in [4.69, 9.17) is 0 Å². The van der Waals surface area contributed by atoms with Crippen molar-refractivity contribution in [2.45, 2.75) is 16.0 Å². The minimum absolute atomic E-state index is 0.0379. The Morgan fingerprint density at radius 1 is 0.960 bits per heavy atom. The molecule has 10 heteroatoms. The second-order valence-electron chi connectivity index (χ2n) is 4.84. The van der Waals surface area contributed by atoms with Gasteiger partial charge in [0.2, 0.25) is 9.84 Å². The Labute approximate surface area is 158 Å². The van der Waals surface area contributed by atoms with Gasteiger partial charge in [-0.25, -0.2) is 13.2 Å². The Morgan fingerprint density at radius 3 is 2.00 bits per heavy atom. The van der Waals surface area contributed by atoms with Gasteiger partial charge in [-0.1, -0.05) is 31.9 Å². The zero-order valence-corrected chi connectivity index (χ0v) is 16.4. The molecule has 0 saturated heterocycles. The first-order chi connectivity index (χ1) is 11.4. The number of carbonyl (C=O) groups excluding carboxylic acids is 1. The highest BCUT2D eigenvalue weighted by atomic mass is 79.9. The van der Waals surface area contributed by atoms with E-state index in [-0.39, 0.29) is 19.4 Å². The van der Waals surface area contributed by atoms with Crippen molar-refractivity contribution in [3.05, 3.63) is 56.5 Å². The van der Waals surface area contributed by atoms with Crippen LogP contribution in [0.1, 0.15) is 15.9 Å². The Morgan fingerprint density at radius 2 is 1.48 bits per heavy atom. The molecule has 2 aromatic carbocycles. The van der Waals surface area contributed by atoms with Crippen LogP contribution in [0.25, 0.3) is 0 Å². The number of esters is 1. The predicted molar refractivity (Wildman–Crippen MR) is 90.1 cm³/mol. The first-order valence-corrected chi connectivity index (χ1v) is 9.54. The van der Waals surface area contributed by atoms with Gasteiger partial charge >= 0.3 is 12.1 Å². The first-order valence-electron chi connectivity index (χ1n) is 6.47. The number of sulfone groups is 1. The second-order valence-corrected chi connectivity index (χ2v) is 8.63. The standard InChI is InChI=1S/C15H9Br2F3O4S/c1-24-14(21)8-2-10(16)6-12(3-8)25(22,23)13-5-9(15(18,19)20)4-11(17)7-13/h2-7H,1H3. The highest BCUT2D eigenvalue weighted by Crippen LogP contribution is 2.35. The zero-order chi connectivity index (χ0) is 19.0. The summed E-state index contributed by atoms with van der Waals surface area (Å²) in [5.41, 5.74) is -1.16. The molecule has 0 unspecified atom stereocenters. The number of hydrogen-bond acceptors (Lipinski definition) is 4. The van der Waals surface area contributed by atoms with Crippen LogP contribution >= 0.6 is 31.9 Å². The van der Waals surface area contributed by atoms with Crippen molar-refractivity contribution in [1.82, 2.24) is 0 Å². The summed E-state index contributed by atoms with van der Waals surface area (Å²) < 4.78 is 69.0. The normalized spacial score (nSPS) is 12.1. The molecule has 0 aliphatic carbocycles. The highest BCUT2D eigenvalue weighted by molar-refractivity contribution is 9.10. The summed E-state index contributed by atoms with van der Waals surface area (Å²) in [5, 5.41) is 0. The van der Waals surface area contributed by atoms with Crippen LogP contribution in [-0.2, 0) is 20.8 Å². The topological polar surface area (TPSA) is 60.4 Å². The van der Waals surface area contributed by atoms with Gasteiger partial charge in [-0.2, -0.15) is 13.2 Å². The fourth-order valence-electron chi connectivity index (χ4n) is 1.97. The molecule has 2 rings (SSSR count). The predicted octanol–water partition coefficient (Wildman–Crippen LogP) is 4.85. The molecule has 0 aliphatic rings. The Balaban J connectivity index is 2.66. The molecule has 0 amide bonds. The van der Waals surface area contributed by atoms with Gasteiger partial charge in [-0.15, -0.1) is 0 Å². The van der Waals surface area contributed by atoms with Crippen molar-refractivity contribution >= 4 is 47.7 Å². The van der Waals surface area contributed by atoms with E-state index in [1.165, 1.54) is 12.1 Å². The molecular formula is C15H9Br2F3O4S. The lowest BCUT2D eigenvalue weighted by Crippen LogP contribution is -2.10. The van der Waals surface area contributed by atoms with Gasteiger partial charge in [0.25, 0.3) is 0 Å². The lowest BCUT2D eigenvalue weighted by molar-refractivity contribution is -0.137. The third-order valence-corrected chi connectivity index (χ3v) is 5.74. The van der Waals surface area contributed by atoms with E-state index in [1.54, 1.807) is 0 Å². The lowest BCUT2D eigenvalue weighted by Gasteiger charge is -2.12. The monoisotopic (exact) mass is 500 g/mol. The van der Waals surface area contributed by atoms with Crippen LogP contribution in [0.3, 0.4) is 0 Å². The van der Waals surface area contributed by atoms with Gasteiger partial charge in [0, 0.05) is 8.95 Å². The summed E-state index contributed by atoms with van der Waals surface area (Å²) in [6.07, 6.45) is -4.71. The Bertz CT molecular complexity index is 940. The Hall–Kier alpha value is -1.39. The van der Waals surface area contributed by atoms with Crippen molar-refractivity contribution < 1.29 is 31.1 Å². The summed E-state index contributed by atoms with van der Waals surface area (Å²) in [6.45, 7) is 0. The highest BCUT2D eigenvalue weighted by Gasteiger charge is 2.33. The van der Waals surface area contributed by atoms with Crippen LogP contribution in [0.2, 0.25) is 0 Å². The van der Waals surface area contributed by atoms with Crippen LogP contribution in [0, 0.1) is 0 Å². The van der Waals surface area contributed by atoms with E-state index in [0.29, 0.717) is 6.07 Å². The smallest absolute Gasteiger partial charge is 0.416 e. The third kappa shape index (κ3) is 4.42. The van der Waals surface area contributed by atoms with Gasteiger partial charge in [0.05, 0.1) is 28.0 Å². The first kappa shape index (κ1) is 19.9. The van der Waals surface area contributed by atoms with Crippen LogP contribution in [0.5, 0.6) is 0 Å². The summed E-state index contributed by atoms with van der Waals surface area (Å²) in [4.78, 5) is 10.7. The number of alkyl halides is 3. The van der Waals surface area contributed by atoms with Crippen molar-refractivity contribution in [3.63, 3.8) is 0 Å². The molecular weight excluding hydrogens is 493 g/mol. The molecule has 0 heterocycles. The number of ether oxygens (including phenoxy) is 1. The van der Waals surface area contributed by atoms with Gasteiger partial charge in [0.1, 0.15) is 0 Å². The maximum atomic E-state index is 12.9. The van der Waals surface area contributed by atoms with Crippen LogP contribution in [-0.4, -0.2) is 21.5 Å². The molecule has 0 spiro atoms. The van der Waals surface area contributed by atoms with E-state index in [2.05, 4.69) is 36.6 Å². The SMILES string of the molecule is COC(=O)c1cc(Br)cc(S(=O)(=O)c2cc(Br)cc(C(F)(F)F)c2)c1. The molecule has 0 saturated carbocycles. The second kappa shape index (κ2) is 7.08. The Kier molecular flexibility index (Phi) is 5.65. The largest absolute Gasteiger partial charge is 0.465 e. The van der Waals surface area contributed by atoms with Gasteiger partial charge in [-0.3, -0.25) is 0 Å². The minimum Gasteiger partial charge on any atom is -0.465 e. The number of halogens is 5. The van der Waals surface area contributed by atoms with Crippen LogP contribution in [0.4, 0.5) is 13.2 Å². The van der Waals surface area contributed by atoms with E-state index in [1.807, 2.05) is 0 Å². The fourth-order valence-corrected chi connectivity index (χ4v) is 4.66. The molecule has 0 fully saturated rings. The number of methoxy groups -OCH3 is 1. The van der Waals surface area contributed by atoms with Crippen LogP contribution in [0.15, 0.2) is 55.1 Å². The molecule has 0 aromatic heterocycles. The molecule has 134 valence electrons. The summed E-state index contributed by atoms with van der Waals surface area (Å²) in [7, 11) is -3.17. The molecule has 0 atom stereocenters. The molecule has 4 nitrogen and oxygen atoms in total. The summed E-state index contributed by atoms with van der Waals surface area (Å²) in [5.74, 6) is -0.775. The van der Waals surface area contributed by atoms with E-state index < -0.39 is 32.4 Å². The molecule has 25 heavy (non-hydrogen) atoms. The average Bonchev–Trinajstić information content (AvgIpc) is 2.52. The zero-order valence-electron chi connectivity index (χ0n) is 12.4. The lowest BCUT2D eigenvalue weighted by atomic mass is 10.2. The molecule has 0 N–H and O–H groups in total. The fraction of sp³-hybridized carbons (Fsp3) is 0.133. The molecule has 2 aromatic rings. The maximum Gasteiger partial charge on any atom is 0.416 e. The molecule has 0 radical (unpaired) electrons. The van der Waals surface area contributed by atoms with Crippen molar-refractivity contribution in [3.8, 4) is 0 Å². The van der Waals surface area contributed by atoms with Gasteiger partial charge in [0.15, 0.2) is 0 Å². The summed E-state index contributed by atoms with van der Waals surface area (Å²) in [6, 6.07) is 5.95. The van der Waals surface area contributed by atoms with Crippen molar-refractivity contribution in [1.29, 1.82) is 0 Å². The minimum atomic E-state index is -4.71. The third-order valence-electron chi connectivity index (χ3n) is 3.11. The number of rotatable bonds is 3. The van der Waals surface area contributed by atoms with Crippen molar-refractivity contribution in [2.75, 3.05) is 7.11 Å². The van der Waals surface area contributed by atoms with Gasteiger partial charge < -0.3 is 4.74 Å². The quantitative estimate of drug-likeness (QED) is 0.564. The summed E-state index contributed by atoms with van der Waals surface area (Å²) >= 11 is 5.96. The number of hydrogen-bond donors (Lipinski definition) is 0. The average molecular weight is 502 g/mol. The number of carbonyl (C=O) groups is 1. The van der Waals surface area contributed by atoms with Crippen molar-refractivity contribution in [2.24, 2.45) is 0 Å². The number of benzene rings is 2. The van der Waals surface area contributed by atoms with E-state index in [0.717, 1.165) is 25.3 Å². The maximum absolute atomic E-state index is 12.9. The van der Waals surface area contributed by atoms with Crippen LogP contribution < -0.4 is 0 Å². The molecule has 0 aliphatic heterocycles.